The quantitative estimate of drug-likeness (QED) is 0.381. The lowest BCUT2D eigenvalue weighted by molar-refractivity contribution is 0.318. The molecule has 1 heterocycles. The summed E-state index contributed by atoms with van der Waals surface area (Å²) in [6.45, 7) is 0. The van der Waals surface area contributed by atoms with E-state index < -0.39 is 11.6 Å². The lowest BCUT2D eigenvalue weighted by Gasteiger charge is -2.08. The van der Waals surface area contributed by atoms with Gasteiger partial charge in [-0.15, -0.1) is 0 Å². The molecule has 1 aromatic heterocycles. The smallest absolute Gasteiger partial charge is 0.249 e. The van der Waals surface area contributed by atoms with E-state index in [0.29, 0.717) is 0 Å². The van der Waals surface area contributed by atoms with Crippen molar-refractivity contribution in [3.63, 3.8) is 0 Å². The maximum atomic E-state index is 13.4. The highest BCUT2D eigenvalue weighted by Gasteiger charge is 2.15. The van der Waals surface area contributed by atoms with Crippen LogP contribution in [0.5, 0.6) is 11.6 Å². The molecule has 0 radical (unpaired) electrons. The molecule has 2 rings (SSSR count). The SMILES string of the molecule is NC(=NO)c1nccnc1Oc1cccc(F)c1F. The van der Waals surface area contributed by atoms with E-state index in [9.17, 15) is 8.78 Å². The van der Waals surface area contributed by atoms with Crippen molar-refractivity contribution in [2.75, 3.05) is 0 Å². The van der Waals surface area contributed by atoms with Crippen molar-refractivity contribution < 1.29 is 18.7 Å². The highest BCUT2D eigenvalue weighted by Crippen LogP contribution is 2.25. The third-order valence-corrected chi connectivity index (χ3v) is 2.14. The van der Waals surface area contributed by atoms with Crippen LogP contribution in [-0.4, -0.2) is 21.0 Å². The summed E-state index contributed by atoms with van der Waals surface area (Å²) < 4.78 is 31.6. The Morgan fingerprint density at radius 3 is 2.74 bits per heavy atom. The van der Waals surface area contributed by atoms with E-state index in [1.165, 1.54) is 24.5 Å². The molecular weight excluding hydrogens is 258 g/mol. The van der Waals surface area contributed by atoms with Gasteiger partial charge in [-0.05, 0) is 12.1 Å². The molecule has 19 heavy (non-hydrogen) atoms. The van der Waals surface area contributed by atoms with Crippen molar-refractivity contribution in [3.8, 4) is 11.6 Å². The number of rotatable bonds is 3. The number of nitrogens with zero attached hydrogens (tertiary/aromatic N) is 3. The van der Waals surface area contributed by atoms with Gasteiger partial charge in [-0.2, -0.15) is 4.39 Å². The third-order valence-electron chi connectivity index (χ3n) is 2.14. The third kappa shape index (κ3) is 2.57. The Morgan fingerprint density at radius 2 is 2.00 bits per heavy atom. The standard InChI is InChI=1S/C11H8F2N4O2/c12-6-2-1-3-7(8(6)13)19-11-9(10(14)17-18)15-4-5-16-11/h1-5,18H,(H2,14,17). The maximum Gasteiger partial charge on any atom is 0.249 e. The van der Waals surface area contributed by atoms with E-state index >= 15 is 0 Å². The summed E-state index contributed by atoms with van der Waals surface area (Å²) >= 11 is 0. The molecule has 6 nitrogen and oxygen atoms in total. The van der Waals surface area contributed by atoms with Crippen molar-refractivity contribution in [2.45, 2.75) is 0 Å². The van der Waals surface area contributed by atoms with E-state index in [1.807, 2.05) is 0 Å². The molecule has 0 amide bonds. The number of benzene rings is 1. The first-order valence-electron chi connectivity index (χ1n) is 5.04. The van der Waals surface area contributed by atoms with Gasteiger partial charge in [0.25, 0.3) is 0 Å². The molecule has 2 aromatic rings. The normalized spacial score (nSPS) is 11.4. The second kappa shape index (κ2) is 5.25. The Hall–Kier alpha value is -2.77. The van der Waals surface area contributed by atoms with Gasteiger partial charge in [0.2, 0.25) is 11.7 Å². The van der Waals surface area contributed by atoms with E-state index in [1.54, 1.807) is 0 Å². The van der Waals surface area contributed by atoms with Crippen LogP contribution in [0.4, 0.5) is 8.78 Å². The predicted octanol–water partition coefficient (Wildman–Crippen LogP) is 1.64. The molecule has 0 saturated carbocycles. The Kier molecular flexibility index (Phi) is 3.51. The van der Waals surface area contributed by atoms with Crippen molar-refractivity contribution in [1.82, 2.24) is 9.97 Å². The molecule has 0 atom stereocenters. The number of aromatic nitrogens is 2. The molecule has 3 N–H and O–H groups in total. The fourth-order valence-corrected chi connectivity index (χ4v) is 1.29. The molecule has 0 aliphatic rings. The summed E-state index contributed by atoms with van der Waals surface area (Å²) in [5, 5.41) is 11.3. The summed E-state index contributed by atoms with van der Waals surface area (Å²) in [5.41, 5.74) is 5.28. The van der Waals surface area contributed by atoms with Gasteiger partial charge in [-0.3, -0.25) is 0 Å². The minimum absolute atomic E-state index is 0.0892. The van der Waals surface area contributed by atoms with E-state index in [0.717, 1.165) is 6.07 Å². The number of hydrogen-bond donors (Lipinski definition) is 2. The molecule has 8 heteroatoms. The van der Waals surface area contributed by atoms with Gasteiger partial charge < -0.3 is 15.7 Å². The van der Waals surface area contributed by atoms with Crippen LogP contribution < -0.4 is 10.5 Å². The van der Waals surface area contributed by atoms with Crippen LogP contribution >= 0.6 is 0 Å². The van der Waals surface area contributed by atoms with Crippen LogP contribution in [0.1, 0.15) is 5.69 Å². The first kappa shape index (κ1) is 12.7. The fourth-order valence-electron chi connectivity index (χ4n) is 1.29. The summed E-state index contributed by atoms with van der Waals surface area (Å²) in [6, 6.07) is 3.43. The topological polar surface area (TPSA) is 93.6 Å². The highest BCUT2D eigenvalue weighted by atomic mass is 19.2. The Labute approximate surface area is 106 Å². The largest absolute Gasteiger partial charge is 0.434 e. The summed E-state index contributed by atoms with van der Waals surface area (Å²) in [7, 11) is 0. The van der Waals surface area contributed by atoms with Crippen molar-refractivity contribution in [2.24, 2.45) is 10.9 Å². The number of oxime groups is 1. The van der Waals surface area contributed by atoms with Crippen LogP contribution in [0.15, 0.2) is 35.7 Å². The van der Waals surface area contributed by atoms with Gasteiger partial charge in [-0.1, -0.05) is 11.2 Å². The molecule has 0 unspecified atom stereocenters. The molecule has 0 fully saturated rings. The lowest BCUT2D eigenvalue weighted by Crippen LogP contribution is -2.16. The minimum Gasteiger partial charge on any atom is -0.434 e. The zero-order valence-electron chi connectivity index (χ0n) is 9.42. The van der Waals surface area contributed by atoms with Gasteiger partial charge >= 0.3 is 0 Å². The fraction of sp³-hybridized carbons (Fsp3) is 0. The zero-order valence-corrected chi connectivity index (χ0v) is 9.42. The average molecular weight is 266 g/mol. The number of halogens is 2. The average Bonchev–Trinajstić information content (AvgIpc) is 2.43. The van der Waals surface area contributed by atoms with Crippen LogP contribution in [0.25, 0.3) is 0 Å². The van der Waals surface area contributed by atoms with Crippen molar-refractivity contribution in [3.05, 3.63) is 47.9 Å². The molecule has 0 bridgehead atoms. The first-order chi connectivity index (χ1) is 9.13. The van der Waals surface area contributed by atoms with Crippen molar-refractivity contribution in [1.29, 1.82) is 0 Å². The molecule has 0 aliphatic carbocycles. The maximum absolute atomic E-state index is 13.4. The monoisotopic (exact) mass is 266 g/mol. The highest BCUT2D eigenvalue weighted by molar-refractivity contribution is 5.97. The zero-order chi connectivity index (χ0) is 13.8. The van der Waals surface area contributed by atoms with E-state index in [2.05, 4.69) is 15.1 Å². The number of hydrogen-bond acceptors (Lipinski definition) is 5. The Balaban J connectivity index is 2.42. The molecule has 0 saturated heterocycles. The van der Waals surface area contributed by atoms with E-state index in [-0.39, 0.29) is 23.2 Å². The van der Waals surface area contributed by atoms with Crippen LogP contribution in [0.3, 0.4) is 0 Å². The Bertz CT molecular complexity index is 634. The summed E-state index contributed by atoms with van der Waals surface area (Å²) in [4.78, 5) is 7.55. The number of amidine groups is 1. The molecule has 0 spiro atoms. The molecule has 0 aliphatic heterocycles. The Morgan fingerprint density at radius 1 is 1.26 bits per heavy atom. The second-order valence-corrected chi connectivity index (χ2v) is 3.35. The minimum atomic E-state index is -1.17. The van der Waals surface area contributed by atoms with Crippen LogP contribution in [0, 0.1) is 11.6 Å². The van der Waals surface area contributed by atoms with Gasteiger partial charge in [0.1, 0.15) is 0 Å². The van der Waals surface area contributed by atoms with Gasteiger partial charge in [-0.25, -0.2) is 14.4 Å². The first-order valence-corrected chi connectivity index (χ1v) is 5.04. The van der Waals surface area contributed by atoms with Crippen LogP contribution in [0.2, 0.25) is 0 Å². The molecule has 1 aromatic carbocycles. The van der Waals surface area contributed by atoms with Gasteiger partial charge in [0, 0.05) is 12.4 Å². The summed E-state index contributed by atoms with van der Waals surface area (Å²) in [5.74, 6) is -3.18. The molecule has 98 valence electrons. The van der Waals surface area contributed by atoms with E-state index in [4.69, 9.17) is 15.7 Å². The summed E-state index contributed by atoms with van der Waals surface area (Å²) in [6.07, 6.45) is 2.54. The number of ether oxygens (including phenoxy) is 1. The van der Waals surface area contributed by atoms with Crippen LogP contribution in [-0.2, 0) is 0 Å². The lowest BCUT2D eigenvalue weighted by atomic mass is 10.3. The predicted molar refractivity (Wildman–Crippen MR) is 61.0 cm³/mol. The van der Waals surface area contributed by atoms with Gasteiger partial charge in [0.15, 0.2) is 23.1 Å². The van der Waals surface area contributed by atoms with Gasteiger partial charge in [0.05, 0.1) is 0 Å². The second-order valence-electron chi connectivity index (χ2n) is 3.35. The van der Waals surface area contributed by atoms with Crippen molar-refractivity contribution >= 4 is 5.84 Å². The number of nitrogens with two attached hydrogens (primary N) is 1. The molecular formula is C11H8F2N4O2.